The molecule has 1 aromatic heterocycles. The van der Waals surface area contributed by atoms with Crippen LogP contribution < -0.4 is 4.72 Å². The van der Waals surface area contributed by atoms with E-state index in [0.717, 1.165) is 28.2 Å². The lowest BCUT2D eigenvalue weighted by Crippen LogP contribution is -2.45. The standard InChI is InChI=1S/C26H37NO6S2/c1-25(2,3)18-11-15-21(16-12-18)35(31,32)27-22(24(30)33-26(4,5)6)17-20-14-13-19(34-20)9-7-8-10-23(28)29/h11-16,22,27H,7-10,17H2,1-6H3,(H,28,29)/t22-/m0/s1. The highest BCUT2D eigenvalue weighted by Gasteiger charge is 2.30. The number of ether oxygens (including phenoxy) is 1. The van der Waals surface area contributed by atoms with Crippen molar-refractivity contribution in [1.82, 2.24) is 4.72 Å². The third-order valence-electron chi connectivity index (χ3n) is 5.21. The molecule has 0 amide bonds. The van der Waals surface area contributed by atoms with Crippen molar-refractivity contribution < 1.29 is 27.9 Å². The Hall–Kier alpha value is -2.23. The van der Waals surface area contributed by atoms with Crippen LogP contribution in [0.5, 0.6) is 0 Å². The zero-order chi connectivity index (χ0) is 26.4. The molecule has 0 bridgehead atoms. The number of carbonyl (C=O) groups excluding carboxylic acids is 1. The van der Waals surface area contributed by atoms with Crippen molar-refractivity contribution in [2.75, 3.05) is 0 Å². The molecule has 0 saturated carbocycles. The average molecular weight is 524 g/mol. The number of hydrogen-bond donors (Lipinski definition) is 2. The van der Waals surface area contributed by atoms with Crippen molar-refractivity contribution in [2.24, 2.45) is 0 Å². The van der Waals surface area contributed by atoms with E-state index < -0.39 is 33.6 Å². The Bertz CT molecular complexity index is 1110. The van der Waals surface area contributed by atoms with E-state index in [9.17, 15) is 18.0 Å². The quantitative estimate of drug-likeness (QED) is 0.314. The summed E-state index contributed by atoms with van der Waals surface area (Å²) in [4.78, 5) is 25.6. The smallest absolute Gasteiger partial charge is 0.325 e. The fourth-order valence-corrected chi connectivity index (χ4v) is 5.67. The number of carboxylic acids is 1. The second-order valence-electron chi connectivity index (χ2n) is 10.7. The summed E-state index contributed by atoms with van der Waals surface area (Å²) in [5, 5.41) is 8.77. The maximum atomic E-state index is 13.1. The van der Waals surface area contributed by atoms with Gasteiger partial charge in [0.25, 0.3) is 0 Å². The Morgan fingerprint density at radius 3 is 2.11 bits per heavy atom. The van der Waals surface area contributed by atoms with E-state index in [0.29, 0.717) is 6.42 Å². The number of sulfonamides is 1. The molecule has 35 heavy (non-hydrogen) atoms. The zero-order valence-corrected chi connectivity index (χ0v) is 23.0. The Morgan fingerprint density at radius 1 is 0.971 bits per heavy atom. The largest absolute Gasteiger partial charge is 0.481 e. The van der Waals surface area contributed by atoms with E-state index in [1.807, 2.05) is 12.1 Å². The van der Waals surface area contributed by atoms with E-state index in [-0.39, 0.29) is 23.2 Å². The third-order valence-corrected chi connectivity index (χ3v) is 7.86. The molecule has 0 radical (unpaired) electrons. The summed E-state index contributed by atoms with van der Waals surface area (Å²) in [6.45, 7) is 11.4. The Balaban J connectivity index is 2.19. The third kappa shape index (κ3) is 9.74. The molecule has 1 heterocycles. The van der Waals surface area contributed by atoms with Crippen molar-refractivity contribution in [2.45, 2.75) is 95.6 Å². The number of nitrogens with one attached hydrogen (secondary N) is 1. The minimum Gasteiger partial charge on any atom is -0.481 e. The molecule has 0 saturated heterocycles. The van der Waals surface area contributed by atoms with E-state index in [2.05, 4.69) is 25.5 Å². The van der Waals surface area contributed by atoms with Crippen molar-refractivity contribution in [3.8, 4) is 0 Å². The maximum Gasteiger partial charge on any atom is 0.325 e. The number of esters is 1. The minimum absolute atomic E-state index is 0.0874. The molecule has 0 aliphatic carbocycles. The molecule has 194 valence electrons. The van der Waals surface area contributed by atoms with Crippen molar-refractivity contribution in [3.05, 3.63) is 51.7 Å². The molecule has 0 unspecified atom stereocenters. The van der Waals surface area contributed by atoms with E-state index in [1.54, 1.807) is 45.0 Å². The van der Waals surface area contributed by atoms with Gasteiger partial charge in [0, 0.05) is 22.6 Å². The highest BCUT2D eigenvalue weighted by molar-refractivity contribution is 7.89. The maximum absolute atomic E-state index is 13.1. The Morgan fingerprint density at radius 2 is 1.57 bits per heavy atom. The van der Waals surface area contributed by atoms with Crippen LogP contribution >= 0.6 is 11.3 Å². The monoisotopic (exact) mass is 523 g/mol. The number of aryl methyl sites for hydroxylation is 1. The first-order chi connectivity index (χ1) is 16.1. The first kappa shape index (κ1) is 29.0. The van der Waals surface area contributed by atoms with Crippen LogP contribution in [0.3, 0.4) is 0 Å². The van der Waals surface area contributed by atoms with Crippen LogP contribution in [0.1, 0.15) is 76.1 Å². The minimum atomic E-state index is -3.96. The van der Waals surface area contributed by atoms with Crippen molar-refractivity contribution in [1.29, 1.82) is 0 Å². The fraction of sp³-hybridized carbons (Fsp3) is 0.538. The van der Waals surface area contributed by atoms with Gasteiger partial charge in [0.05, 0.1) is 4.90 Å². The normalized spacial score (nSPS) is 13.4. The summed E-state index contributed by atoms with van der Waals surface area (Å²) >= 11 is 1.49. The Kier molecular flexibility index (Phi) is 9.67. The number of aliphatic carboxylic acids is 1. The van der Waals surface area contributed by atoms with Crippen LogP contribution in [-0.2, 0) is 42.6 Å². The lowest BCUT2D eigenvalue weighted by atomic mass is 9.87. The highest BCUT2D eigenvalue weighted by Crippen LogP contribution is 2.25. The van der Waals surface area contributed by atoms with Crippen LogP contribution in [0.15, 0.2) is 41.3 Å². The predicted octanol–water partition coefficient (Wildman–Crippen LogP) is 5.07. The van der Waals surface area contributed by atoms with Gasteiger partial charge in [-0.15, -0.1) is 11.3 Å². The molecule has 2 N–H and O–H groups in total. The molecule has 9 heteroatoms. The summed E-state index contributed by atoms with van der Waals surface area (Å²) in [6.07, 6.45) is 2.38. The molecule has 1 aromatic carbocycles. The molecule has 1 atom stereocenters. The molecule has 2 aromatic rings. The second-order valence-corrected chi connectivity index (χ2v) is 13.6. The molecule has 0 aliphatic heterocycles. The lowest BCUT2D eigenvalue weighted by Gasteiger charge is -2.24. The summed E-state index contributed by atoms with van der Waals surface area (Å²) < 4.78 is 34.3. The van der Waals surface area contributed by atoms with Gasteiger partial charge in [-0.05, 0) is 75.3 Å². The average Bonchev–Trinajstić information content (AvgIpc) is 3.16. The number of benzene rings is 1. The number of thiophene rings is 1. The van der Waals surface area contributed by atoms with Crippen LogP contribution in [0.25, 0.3) is 0 Å². The Labute approximate surface area is 213 Å². The van der Waals surface area contributed by atoms with Crippen molar-refractivity contribution >= 4 is 33.3 Å². The molecule has 0 fully saturated rings. The van der Waals surface area contributed by atoms with E-state index >= 15 is 0 Å². The topological polar surface area (TPSA) is 110 Å². The fourth-order valence-electron chi connectivity index (χ4n) is 3.38. The van der Waals surface area contributed by atoms with Gasteiger partial charge in [-0.2, -0.15) is 4.72 Å². The summed E-state index contributed by atoms with van der Waals surface area (Å²) in [5.74, 6) is -1.44. The first-order valence-electron chi connectivity index (χ1n) is 11.7. The molecular weight excluding hydrogens is 486 g/mol. The van der Waals surface area contributed by atoms with Crippen LogP contribution in [0.4, 0.5) is 0 Å². The lowest BCUT2D eigenvalue weighted by molar-refractivity contribution is -0.156. The molecular formula is C26H37NO6S2. The van der Waals surface area contributed by atoms with Crippen molar-refractivity contribution in [3.63, 3.8) is 0 Å². The van der Waals surface area contributed by atoms with Gasteiger partial charge in [-0.25, -0.2) is 8.42 Å². The van der Waals surface area contributed by atoms with Gasteiger partial charge in [0.15, 0.2) is 0 Å². The number of carbonyl (C=O) groups is 2. The molecule has 0 aliphatic rings. The van der Waals surface area contributed by atoms with Gasteiger partial charge < -0.3 is 9.84 Å². The van der Waals surface area contributed by atoms with E-state index in [1.165, 1.54) is 11.3 Å². The summed E-state index contributed by atoms with van der Waals surface area (Å²) in [7, 11) is -3.96. The summed E-state index contributed by atoms with van der Waals surface area (Å²) in [6, 6.07) is 9.40. The zero-order valence-electron chi connectivity index (χ0n) is 21.4. The molecule has 2 rings (SSSR count). The number of unbranched alkanes of at least 4 members (excludes halogenated alkanes) is 1. The summed E-state index contributed by atoms with van der Waals surface area (Å²) in [5.41, 5.74) is 0.133. The van der Waals surface area contributed by atoms with E-state index in [4.69, 9.17) is 9.84 Å². The van der Waals surface area contributed by atoms with Gasteiger partial charge in [-0.1, -0.05) is 32.9 Å². The van der Waals surface area contributed by atoms with Gasteiger partial charge in [-0.3, -0.25) is 9.59 Å². The van der Waals surface area contributed by atoms with Gasteiger partial charge in [0.2, 0.25) is 10.0 Å². The van der Waals surface area contributed by atoms with Crippen LogP contribution in [0, 0.1) is 0 Å². The number of hydrogen-bond acceptors (Lipinski definition) is 6. The van der Waals surface area contributed by atoms with Gasteiger partial charge >= 0.3 is 11.9 Å². The number of rotatable bonds is 11. The highest BCUT2D eigenvalue weighted by atomic mass is 32.2. The van der Waals surface area contributed by atoms with Gasteiger partial charge in [0.1, 0.15) is 11.6 Å². The first-order valence-corrected chi connectivity index (χ1v) is 14.0. The van der Waals surface area contributed by atoms with Crippen LogP contribution in [0.2, 0.25) is 0 Å². The molecule has 7 nitrogen and oxygen atoms in total. The molecule has 0 spiro atoms. The number of carboxylic acid groups (broad SMARTS) is 1. The van der Waals surface area contributed by atoms with Crippen LogP contribution in [-0.4, -0.2) is 37.1 Å². The second kappa shape index (κ2) is 11.7. The predicted molar refractivity (Wildman–Crippen MR) is 138 cm³/mol. The SMILES string of the molecule is CC(C)(C)OC(=O)[C@H](Cc1ccc(CCCCC(=O)O)s1)NS(=O)(=O)c1ccc(C(C)(C)C)cc1.